The minimum absolute atomic E-state index is 0.0159. The van der Waals surface area contributed by atoms with E-state index in [1.54, 1.807) is 36.5 Å². The Labute approximate surface area is 160 Å². The first kappa shape index (κ1) is 20.2. The number of hydrogen-bond donors (Lipinski definition) is 3. The second-order valence-corrected chi connectivity index (χ2v) is 6.33. The molecule has 0 saturated heterocycles. The first-order chi connectivity index (χ1) is 12.9. The Balaban J connectivity index is 2.10. The molecule has 0 aliphatic rings. The molecule has 27 heavy (non-hydrogen) atoms. The summed E-state index contributed by atoms with van der Waals surface area (Å²) in [5, 5.41) is 8.33. The van der Waals surface area contributed by atoms with Gasteiger partial charge < -0.3 is 20.9 Å². The summed E-state index contributed by atoms with van der Waals surface area (Å²) in [6.07, 6.45) is 1.56. The van der Waals surface area contributed by atoms with Crippen molar-refractivity contribution in [3.8, 4) is 0 Å². The molecule has 0 radical (unpaired) electrons. The van der Waals surface area contributed by atoms with E-state index in [0.717, 1.165) is 18.9 Å². The number of urea groups is 1. The standard InChI is InChI=1S/C20H27N5O2/c1-5-25(6-2)18-12-11-15(13-21-18)19(26)23-16-9-7-8-10-17(16)24-20(27)22-14(3)4/h7-14H,5-6H2,1-4H3,(H,23,26)(H2,22,24,27). The van der Waals surface area contributed by atoms with Crippen molar-refractivity contribution in [2.24, 2.45) is 0 Å². The number of nitrogens with one attached hydrogen (secondary N) is 3. The fraction of sp³-hybridized carbons (Fsp3) is 0.350. The molecule has 1 heterocycles. The lowest BCUT2D eigenvalue weighted by molar-refractivity contribution is 0.102. The maximum Gasteiger partial charge on any atom is 0.319 e. The number of carbonyl (C=O) groups is 2. The van der Waals surface area contributed by atoms with Gasteiger partial charge in [0.05, 0.1) is 16.9 Å². The summed E-state index contributed by atoms with van der Waals surface area (Å²) in [5.74, 6) is 0.552. The van der Waals surface area contributed by atoms with Gasteiger partial charge in [0.1, 0.15) is 5.82 Å². The number of nitrogens with zero attached hydrogens (tertiary/aromatic N) is 2. The van der Waals surface area contributed by atoms with E-state index in [2.05, 4.69) is 39.7 Å². The molecule has 2 rings (SSSR count). The van der Waals surface area contributed by atoms with Crippen LogP contribution in [0.1, 0.15) is 38.1 Å². The molecule has 1 aromatic carbocycles. The molecule has 0 aliphatic heterocycles. The third kappa shape index (κ3) is 5.70. The van der Waals surface area contributed by atoms with Gasteiger partial charge >= 0.3 is 6.03 Å². The molecule has 1 aromatic heterocycles. The van der Waals surface area contributed by atoms with Crippen LogP contribution in [0, 0.1) is 0 Å². The van der Waals surface area contributed by atoms with Crippen molar-refractivity contribution in [2.45, 2.75) is 33.7 Å². The summed E-state index contributed by atoms with van der Waals surface area (Å²) < 4.78 is 0. The number of rotatable bonds is 7. The number of aromatic nitrogens is 1. The van der Waals surface area contributed by atoms with Crippen LogP contribution in [-0.4, -0.2) is 36.1 Å². The van der Waals surface area contributed by atoms with E-state index < -0.39 is 0 Å². The first-order valence-corrected chi connectivity index (χ1v) is 9.13. The molecule has 7 nitrogen and oxygen atoms in total. The summed E-state index contributed by atoms with van der Waals surface area (Å²) in [6.45, 7) is 9.58. The lowest BCUT2D eigenvalue weighted by atomic mass is 10.2. The molecule has 0 bridgehead atoms. The van der Waals surface area contributed by atoms with Gasteiger partial charge in [-0.2, -0.15) is 0 Å². The second-order valence-electron chi connectivity index (χ2n) is 6.33. The van der Waals surface area contributed by atoms with E-state index in [1.807, 2.05) is 19.9 Å². The Morgan fingerprint density at radius 1 is 1.00 bits per heavy atom. The lowest BCUT2D eigenvalue weighted by Crippen LogP contribution is -2.34. The molecule has 2 aromatic rings. The highest BCUT2D eigenvalue weighted by atomic mass is 16.2. The topological polar surface area (TPSA) is 86.4 Å². The van der Waals surface area contributed by atoms with Crippen LogP contribution in [0.2, 0.25) is 0 Å². The van der Waals surface area contributed by atoms with Crippen LogP contribution in [-0.2, 0) is 0 Å². The number of anilines is 3. The zero-order valence-corrected chi connectivity index (χ0v) is 16.2. The third-order valence-electron chi connectivity index (χ3n) is 3.94. The Morgan fingerprint density at radius 2 is 1.63 bits per heavy atom. The van der Waals surface area contributed by atoms with Gasteiger partial charge in [-0.05, 0) is 52.0 Å². The van der Waals surface area contributed by atoms with E-state index in [1.165, 1.54) is 0 Å². The minimum atomic E-state index is -0.322. The van der Waals surface area contributed by atoms with Gasteiger partial charge in [-0.1, -0.05) is 12.1 Å². The van der Waals surface area contributed by atoms with Gasteiger partial charge in [0, 0.05) is 25.3 Å². The highest BCUT2D eigenvalue weighted by Crippen LogP contribution is 2.22. The zero-order chi connectivity index (χ0) is 19.8. The smallest absolute Gasteiger partial charge is 0.319 e. The first-order valence-electron chi connectivity index (χ1n) is 9.13. The van der Waals surface area contributed by atoms with Crippen LogP contribution in [0.25, 0.3) is 0 Å². The van der Waals surface area contributed by atoms with Gasteiger partial charge in [0.15, 0.2) is 0 Å². The van der Waals surface area contributed by atoms with Gasteiger partial charge in [-0.15, -0.1) is 0 Å². The van der Waals surface area contributed by atoms with Gasteiger partial charge in [-0.3, -0.25) is 4.79 Å². The predicted octanol–water partition coefficient (Wildman–Crippen LogP) is 3.71. The molecule has 0 spiro atoms. The van der Waals surface area contributed by atoms with Crippen LogP contribution >= 0.6 is 0 Å². The van der Waals surface area contributed by atoms with E-state index in [9.17, 15) is 9.59 Å². The van der Waals surface area contributed by atoms with Crippen molar-refractivity contribution in [1.82, 2.24) is 10.3 Å². The monoisotopic (exact) mass is 369 g/mol. The molecule has 0 fully saturated rings. The molecule has 144 valence electrons. The van der Waals surface area contributed by atoms with Crippen molar-refractivity contribution < 1.29 is 9.59 Å². The molecule has 0 aliphatic carbocycles. The fourth-order valence-electron chi connectivity index (χ4n) is 2.57. The summed E-state index contributed by atoms with van der Waals surface area (Å²) in [7, 11) is 0. The van der Waals surface area contributed by atoms with Crippen LogP contribution in [0.15, 0.2) is 42.6 Å². The normalized spacial score (nSPS) is 10.4. The molecular formula is C20H27N5O2. The summed E-state index contributed by atoms with van der Waals surface area (Å²) in [5.41, 5.74) is 1.50. The van der Waals surface area contributed by atoms with Crippen molar-refractivity contribution in [2.75, 3.05) is 28.6 Å². The van der Waals surface area contributed by atoms with E-state index in [-0.39, 0.29) is 18.0 Å². The quantitative estimate of drug-likeness (QED) is 0.694. The maximum absolute atomic E-state index is 12.6. The van der Waals surface area contributed by atoms with E-state index in [0.29, 0.717) is 16.9 Å². The van der Waals surface area contributed by atoms with Gasteiger partial charge in [-0.25, -0.2) is 9.78 Å². The summed E-state index contributed by atoms with van der Waals surface area (Å²) in [4.78, 5) is 31.0. The van der Waals surface area contributed by atoms with Crippen LogP contribution in [0.5, 0.6) is 0 Å². The molecule has 3 amide bonds. The number of hydrogen-bond acceptors (Lipinski definition) is 4. The van der Waals surface area contributed by atoms with Crippen molar-refractivity contribution in [3.05, 3.63) is 48.2 Å². The highest BCUT2D eigenvalue weighted by molar-refractivity contribution is 6.07. The maximum atomic E-state index is 12.6. The molecule has 0 saturated carbocycles. The largest absolute Gasteiger partial charge is 0.357 e. The average molecular weight is 369 g/mol. The Morgan fingerprint density at radius 3 is 2.15 bits per heavy atom. The number of amides is 3. The van der Waals surface area contributed by atoms with Crippen molar-refractivity contribution in [1.29, 1.82) is 0 Å². The predicted molar refractivity (Wildman–Crippen MR) is 109 cm³/mol. The summed E-state index contributed by atoms with van der Waals surface area (Å²) >= 11 is 0. The Kier molecular flexibility index (Phi) is 7.16. The van der Waals surface area contributed by atoms with Gasteiger partial charge in [0.25, 0.3) is 5.91 Å². The fourth-order valence-corrected chi connectivity index (χ4v) is 2.57. The minimum Gasteiger partial charge on any atom is -0.357 e. The van der Waals surface area contributed by atoms with E-state index in [4.69, 9.17) is 0 Å². The zero-order valence-electron chi connectivity index (χ0n) is 16.2. The molecule has 3 N–H and O–H groups in total. The van der Waals surface area contributed by atoms with Crippen LogP contribution in [0.3, 0.4) is 0 Å². The second kappa shape index (κ2) is 9.56. The number of pyridine rings is 1. The molecular weight excluding hydrogens is 342 g/mol. The molecule has 0 unspecified atom stereocenters. The van der Waals surface area contributed by atoms with E-state index >= 15 is 0 Å². The van der Waals surface area contributed by atoms with Crippen LogP contribution in [0.4, 0.5) is 22.0 Å². The number of para-hydroxylation sites is 2. The SMILES string of the molecule is CCN(CC)c1ccc(C(=O)Nc2ccccc2NC(=O)NC(C)C)cn1. The molecule has 7 heteroatoms. The van der Waals surface area contributed by atoms with Gasteiger partial charge in [0.2, 0.25) is 0 Å². The van der Waals surface area contributed by atoms with Crippen molar-refractivity contribution in [3.63, 3.8) is 0 Å². The van der Waals surface area contributed by atoms with Crippen LogP contribution < -0.4 is 20.9 Å². The number of carbonyl (C=O) groups excluding carboxylic acids is 2. The lowest BCUT2D eigenvalue weighted by Gasteiger charge is -2.19. The Bertz CT molecular complexity index is 770. The molecule has 0 atom stereocenters. The number of benzene rings is 1. The highest BCUT2D eigenvalue weighted by Gasteiger charge is 2.12. The van der Waals surface area contributed by atoms with Crippen molar-refractivity contribution >= 4 is 29.1 Å². The Hall–Kier alpha value is -3.09. The third-order valence-corrected chi connectivity index (χ3v) is 3.94. The average Bonchev–Trinajstić information content (AvgIpc) is 2.64. The summed E-state index contributed by atoms with van der Waals surface area (Å²) in [6, 6.07) is 10.3.